The van der Waals surface area contributed by atoms with Crippen LogP contribution in [-0.2, 0) is 6.54 Å². The number of nitrogens with two attached hydrogens (primary N) is 1. The number of nitrogens with one attached hydrogen (secondary N) is 1. The number of rotatable bonds is 4. The molecular weight excluding hydrogens is 254 g/mol. The van der Waals surface area contributed by atoms with E-state index in [0.717, 1.165) is 29.2 Å². The predicted octanol–water partition coefficient (Wildman–Crippen LogP) is 2.94. The third-order valence-electron chi connectivity index (χ3n) is 2.90. The van der Waals surface area contributed by atoms with Gasteiger partial charge in [-0.25, -0.2) is 0 Å². The van der Waals surface area contributed by atoms with Crippen LogP contribution < -0.4 is 11.1 Å². The van der Waals surface area contributed by atoms with Crippen LogP contribution in [0.5, 0.6) is 0 Å². The predicted molar refractivity (Wildman–Crippen MR) is 83.4 cm³/mol. The van der Waals surface area contributed by atoms with Crippen LogP contribution in [0.25, 0.3) is 0 Å². The third-order valence-corrected chi connectivity index (χ3v) is 3.10. The highest BCUT2D eigenvalue weighted by atomic mass is 32.1. The van der Waals surface area contributed by atoms with Crippen molar-refractivity contribution < 1.29 is 0 Å². The summed E-state index contributed by atoms with van der Waals surface area (Å²) in [5.74, 6) is 0. The summed E-state index contributed by atoms with van der Waals surface area (Å²) in [5.41, 5.74) is 10.6. The van der Waals surface area contributed by atoms with Gasteiger partial charge < -0.3 is 11.1 Å². The number of benzene rings is 1. The average molecular weight is 271 g/mol. The number of hydrogen-bond acceptors (Lipinski definition) is 3. The van der Waals surface area contributed by atoms with Gasteiger partial charge in [0, 0.05) is 23.6 Å². The summed E-state index contributed by atoms with van der Waals surface area (Å²) in [6, 6.07) is 12.2. The first-order chi connectivity index (χ1) is 9.08. The van der Waals surface area contributed by atoms with E-state index in [-0.39, 0.29) is 0 Å². The van der Waals surface area contributed by atoms with Gasteiger partial charge in [0.1, 0.15) is 4.99 Å². The van der Waals surface area contributed by atoms with E-state index < -0.39 is 0 Å². The zero-order valence-electron chi connectivity index (χ0n) is 11.1. The Bertz CT molecular complexity index is 594. The Morgan fingerprint density at radius 1 is 1.26 bits per heavy atom. The van der Waals surface area contributed by atoms with Gasteiger partial charge >= 0.3 is 0 Å². The first-order valence-corrected chi connectivity index (χ1v) is 6.54. The molecule has 1 aromatic heterocycles. The zero-order chi connectivity index (χ0) is 13.8. The van der Waals surface area contributed by atoms with Crippen LogP contribution in [0.2, 0.25) is 0 Å². The Morgan fingerprint density at radius 3 is 2.58 bits per heavy atom. The van der Waals surface area contributed by atoms with Crippen molar-refractivity contribution >= 4 is 22.9 Å². The average Bonchev–Trinajstić information content (AvgIpc) is 2.36. The van der Waals surface area contributed by atoms with Crippen molar-refractivity contribution in [1.29, 1.82) is 0 Å². The Labute approximate surface area is 118 Å². The van der Waals surface area contributed by atoms with Crippen molar-refractivity contribution in [3.63, 3.8) is 0 Å². The standard InChI is InChI=1S/C15H17N3S/c1-10-8-13(14(15(16)19)11(2)18-10)17-9-12-6-4-3-5-7-12/h3-8H,9H2,1-2H3,(H2,16,19)(H,17,18). The molecule has 0 saturated carbocycles. The van der Waals surface area contributed by atoms with E-state index in [1.54, 1.807) is 0 Å². The van der Waals surface area contributed by atoms with Crippen LogP contribution >= 0.6 is 12.2 Å². The minimum atomic E-state index is 0.376. The highest BCUT2D eigenvalue weighted by Crippen LogP contribution is 2.20. The van der Waals surface area contributed by atoms with Crippen molar-refractivity contribution in [2.75, 3.05) is 5.32 Å². The Hall–Kier alpha value is -1.94. The fourth-order valence-electron chi connectivity index (χ4n) is 2.07. The number of anilines is 1. The molecule has 0 aliphatic carbocycles. The summed E-state index contributed by atoms with van der Waals surface area (Å²) in [6.07, 6.45) is 0. The topological polar surface area (TPSA) is 50.9 Å². The monoisotopic (exact) mass is 271 g/mol. The van der Waals surface area contributed by atoms with E-state index in [2.05, 4.69) is 22.4 Å². The van der Waals surface area contributed by atoms with Crippen molar-refractivity contribution in [1.82, 2.24) is 4.98 Å². The van der Waals surface area contributed by atoms with Gasteiger partial charge in [-0.3, -0.25) is 4.98 Å². The molecule has 0 aliphatic heterocycles. The number of nitrogens with zero attached hydrogens (tertiary/aromatic N) is 1. The summed E-state index contributed by atoms with van der Waals surface area (Å²) < 4.78 is 0. The van der Waals surface area contributed by atoms with E-state index in [0.29, 0.717) is 4.99 Å². The maximum absolute atomic E-state index is 5.79. The van der Waals surface area contributed by atoms with E-state index in [9.17, 15) is 0 Å². The Kier molecular flexibility index (Phi) is 4.12. The number of aromatic nitrogens is 1. The second-order valence-electron chi connectivity index (χ2n) is 4.48. The third kappa shape index (κ3) is 3.29. The van der Waals surface area contributed by atoms with Gasteiger partial charge in [0.2, 0.25) is 0 Å². The summed E-state index contributed by atoms with van der Waals surface area (Å²) >= 11 is 5.11. The fourth-order valence-corrected chi connectivity index (χ4v) is 2.33. The van der Waals surface area contributed by atoms with E-state index >= 15 is 0 Å². The minimum absolute atomic E-state index is 0.376. The summed E-state index contributed by atoms with van der Waals surface area (Å²) in [6.45, 7) is 4.62. The summed E-state index contributed by atoms with van der Waals surface area (Å²) in [7, 11) is 0. The lowest BCUT2D eigenvalue weighted by Gasteiger charge is -2.14. The number of aryl methyl sites for hydroxylation is 2. The summed E-state index contributed by atoms with van der Waals surface area (Å²) in [4.78, 5) is 4.78. The molecule has 0 unspecified atom stereocenters. The second kappa shape index (κ2) is 5.80. The van der Waals surface area contributed by atoms with Crippen LogP contribution in [0.1, 0.15) is 22.5 Å². The lowest BCUT2D eigenvalue weighted by molar-refractivity contribution is 1.09. The molecule has 0 radical (unpaired) electrons. The smallest absolute Gasteiger partial charge is 0.107 e. The molecular formula is C15H17N3S. The molecule has 4 heteroatoms. The molecule has 2 aromatic rings. The Morgan fingerprint density at radius 2 is 1.95 bits per heavy atom. The number of hydrogen-bond donors (Lipinski definition) is 2. The lowest BCUT2D eigenvalue weighted by Crippen LogP contribution is -2.16. The van der Waals surface area contributed by atoms with Crippen molar-refractivity contribution in [3.8, 4) is 0 Å². The molecule has 1 aromatic carbocycles. The highest BCUT2D eigenvalue weighted by Gasteiger charge is 2.10. The van der Waals surface area contributed by atoms with Gasteiger partial charge in [-0.2, -0.15) is 0 Å². The van der Waals surface area contributed by atoms with Crippen LogP contribution in [0.3, 0.4) is 0 Å². The van der Waals surface area contributed by atoms with Gasteiger partial charge in [-0.15, -0.1) is 0 Å². The molecule has 0 aliphatic rings. The molecule has 0 bridgehead atoms. The molecule has 0 atom stereocenters. The number of thiocarbonyl (C=S) groups is 1. The molecule has 98 valence electrons. The second-order valence-corrected chi connectivity index (χ2v) is 4.91. The SMILES string of the molecule is Cc1cc(NCc2ccccc2)c(C(N)=S)c(C)n1. The van der Waals surface area contributed by atoms with Crippen molar-refractivity contribution in [3.05, 3.63) is 58.9 Å². The largest absolute Gasteiger partial charge is 0.389 e. The maximum Gasteiger partial charge on any atom is 0.107 e. The number of pyridine rings is 1. The van der Waals surface area contributed by atoms with E-state index in [1.165, 1.54) is 5.56 Å². The molecule has 0 fully saturated rings. The maximum atomic E-state index is 5.79. The van der Waals surface area contributed by atoms with Crippen LogP contribution in [-0.4, -0.2) is 9.97 Å². The van der Waals surface area contributed by atoms with Gasteiger partial charge in [0.05, 0.1) is 5.56 Å². The van der Waals surface area contributed by atoms with Crippen LogP contribution in [0.4, 0.5) is 5.69 Å². The first-order valence-electron chi connectivity index (χ1n) is 6.14. The minimum Gasteiger partial charge on any atom is -0.389 e. The molecule has 2 rings (SSSR count). The normalized spacial score (nSPS) is 10.2. The van der Waals surface area contributed by atoms with E-state index in [1.807, 2.05) is 38.1 Å². The molecule has 3 nitrogen and oxygen atoms in total. The highest BCUT2D eigenvalue weighted by molar-refractivity contribution is 7.80. The Balaban J connectivity index is 2.27. The van der Waals surface area contributed by atoms with Crippen molar-refractivity contribution in [2.24, 2.45) is 5.73 Å². The fraction of sp³-hybridized carbons (Fsp3) is 0.200. The molecule has 19 heavy (non-hydrogen) atoms. The first kappa shape index (κ1) is 13.5. The lowest BCUT2D eigenvalue weighted by atomic mass is 10.1. The molecule has 0 saturated heterocycles. The van der Waals surface area contributed by atoms with Gasteiger partial charge in [0.25, 0.3) is 0 Å². The molecule has 3 N–H and O–H groups in total. The quantitative estimate of drug-likeness (QED) is 0.839. The van der Waals surface area contributed by atoms with Gasteiger partial charge in [-0.05, 0) is 25.5 Å². The molecule has 0 spiro atoms. The molecule has 0 amide bonds. The summed E-state index contributed by atoms with van der Waals surface area (Å²) in [5, 5.41) is 3.39. The van der Waals surface area contributed by atoms with Gasteiger partial charge in [0.15, 0.2) is 0 Å². The van der Waals surface area contributed by atoms with E-state index in [4.69, 9.17) is 18.0 Å². The van der Waals surface area contributed by atoms with Crippen molar-refractivity contribution in [2.45, 2.75) is 20.4 Å². The van der Waals surface area contributed by atoms with Crippen LogP contribution in [0.15, 0.2) is 36.4 Å². The van der Waals surface area contributed by atoms with Gasteiger partial charge in [-0.1, -0.05) is 42.5 Å². The molecule has 1 heterocycles. The zero-order valence-corrected chi connectivity index (χ0v) is 11.9. The van der Waals surface area contributed by atoms with Crippen LogP contribution in [0, 0.1) is 13.8 Å².